The normalized spacial score (nSPS) is 21.6. The molecule has 0 spiro atoms. The molecule has 186 valence electrons. The van der Waals surface area contributed by atoms with Gasteiger partial charge in [0, 0.05) is 31.7 Å². The summed E-state index contributed by atoms with van der Waals surface area (Å²) in [5.74, 6) is -3.12. The monoisotopic (exact) mass is 499 g/mol. The topological polar surface area (TPSA) is 104 Å². The molecule has 0 aromatic heterocycles. The summed E-state index contributed by atoms with van der Waals surface area (Å²) in [4.78, 5) is 43.0. The van der Waals surface area contributed by atoms with Gasteiger partial charge in [0.15, 0.2) is 5.78 Å². The highest BCUT2D eigenvalue weighted by atomic mass is 32.2. The second-order valence-electron chi connectivity index (χ2n) is 8.90. The fourth-order valence-corrected chi connectivity index (χ4v) is 5.87. The fourth-order valence-electron chi connectivity index (χ4n) is 4.46. The van der Waals surface area contributed by atoms with Gasteiger partial charge in [-0.25, -0.2) is 8.42 Å². The number of carbonyl (C=O) groups is 3. The number of morpholine rings is 1. The van der Waals surface area contributed by atoms with Crippen LogP contribution in [0.15, 0.2) is 59.5 Å². The van der Waals surface area contributed by atoms with Crippen molar-refractivity contribution in [2.75, 3.05) is 53.5 Å². The Morgan fingerprint density at radius 3 is 2.23 bits per heavy atom. The molecule has 0 aliphatic carbocycles. The van der Waals surface area contributed by atoms with Crippen LogP contribution in [0.2, 0.25) is 0 Å². The highest BCUT2D eigenvalue weighted by Gasteiger charge is 2.51. The van der Waals surface area contributed by atoms with Crippen molar-refractivity contribution in [3.05, 3.63) is 65.7 Å². The number of amides is 1. The van der Waals surface area contributed by atoms with E-state index in [4.69, 9.17) is 4.74 Å². The molecule has 0 saturated carbocycles. The molecule has 2 unspecified atom stereocenters. The second-order valence-corrected chi connectivity index (χ2v) is 10.8. The predicted molar refractivity (Wildman–Crippen MR) is 128 cm³/mol. The molecule has 9 nitrogen and oxygen atoms in total. The zero-order chi connectivity index (χ0) is 25.2. The first-order valence-electron chi connectivity index (χ1n) is 11.5. The molecule has 2 atom stereocenters. The maximum atomic E-state index is 13.5. The number of likely N-dealkylation sites (N-methyl/N-ethyl adjacent to an activating group) is 1. The second kappa shape index (κ2) is 10.4. The van der Waals surface area contributed by atoms with Crippen LogP contribution in [-0.2, 0) is 24.3 Å². The number of ether oxygens (including phenoxy) is 1. The number of hydrogen-bond donors (Lipinski definition) is 0. The lowest BCUT2D eigenvalue weighted by Crippen LogP contribution is -2.40. The number of carbonyl (C=O) groups excluding carboxylic acids is 3. The molecule has 10 heteroatoms. The summed E-state index contributed by atoms with van der Waals surface area (Å²) in [6.07, 6.45) is 0. The van der Waals surface area contributed by atoms with E-state index in [0.717, 1.165) is 0 Å². The summed E-state index contributed by atoms with van der Waals surface area (Å²) in [5, 5.41) is 0. The number of Topliss-reactive ketones (excluding diaryl/α,β-unsaturated/α-hetero) is 2. The quantitative estimate of drug-likeness (QED) is 0.306. The minimum absolute atomic E-state index is 0.0667. The maximum Gasteiger partial charge on any atom is 0.291 e. The van der Waals surface area contributed by atoms with Crippen LogP contribution in [0.1, 0.15) is 22.0 Å². The van der Waals surface area contributed by atoms with E-state index in [9.17, 15) is 22.8 Å². The minimum atomic E-state index is -3.71. The van der Waals surface area contributed by atoms with Crippen LogP contribution in [0, 0.1) is 5.92 Å². The minimum Gasteiger partial charge on any atom is -0.379 e. The van der Waals surface area contributed by atoms with E-state index in [1.54, 1.807) is 24.3 Å². The van der Waals surface area contributed by atoms with Crippen LogP contribution in [0.4, 0.5) is 0 Å². The summed E-state index contributed by atoms with van der Waals surface area (Å²) < 4.78 is 32.4. The number of ketones is 2. The van der Waals surface area contributed by atoms with Gasteiger partial charge in [-0.3, -0.25) is 14.4 Å². The van der Waals surface area contributed by atoms with Crippen molar-refractivity contribution >= 4 is 27.5 Å². The third kappa shape index (κ3) is 5.06. The Kier molecular flexibility index (Phi) is 7.46. The van der Waals surface area contributed by atoms with Crippen molar-refractivity contribution in [1.82, 2.24) is 14.1 Å². The van der Waals surface area contributed by atoms with E-state index in [0.29, 0.717) is 31.9 Å². The van der Waals surface area contributed by atoms with Gasteiger partial charge in [-0.2, -0.15) is 4.31 Å². The van der Waals surface area contributed by atoms with Crippen LogP contribution in [-0.4, -0.2) is 93.5 Å². The molecular weight excluding hydrogens is 470 g/mol. The molecule has 2 fully saturated rings. The fraction of sp³-hybridized carbons (Fsp3) is 0.400. The number of nitrogens with zero attached hydrogens (tertiary/aromatic N) is 3. The first-order chi connectivity index (χ1) is 16.7. The lowest BCUT2D eigenvalue weighted by Gasteiger charge is -2.28. The van der Waals surface area contributed by atoms with E-state index >= 15 is 0 Å². The molecule has 2 saturated heterocycles. The van der Waals surface area contributed by atoms with E-state index in [1.807, 2.05) is 25.1 Å². The SMILES string of the molecule is CN(C)CCN1C(=O)C(=O)C(C(=O)c2ccc(S(=O)(=O)N3CCOCC3)cc2)C1c1ccccc1. The number of rotatable bonds is 8. The highest BCUT2D eigenvalue weighted by molar-refractivity contribution is 7.89. The molecule has 2 aliphatic heterocycles. The van der Waals surface area contributed by atoms with Crippen LogP contribution in [0.25, 0.3) is 0 Å². The number of sulfonamides is 1. The third-order valence-electron chi connectivity index (χ3n) is 6.36. The maximum absolute atomic E-state index is 13.5. The number of benzene rings is 2. The van der Waals surface area contributed by atoms with Gasteiger partial charge < -0.3 is 14.5 Å². The molecule has 0 bridgehead atoms. The molecule has 2 aliphatic rings. The molecule has 2 aromatic rings. The Morgan fingerprint density at radius 2 is 1.63 bits per heavy atom. The lowest BCUT2D eigenvalue weighted by atomic mass is 9.86. The summed E-state index contributed by atoms with van der Waals surface area (Å²) in [6.45, 7) is 2.04. The van der Waals surface area contributed by atoms with E-state index in [2.05, 4.69) is 0 Å². The summed E-state index contributed by atoms with van der Waals surface area (Å²) in [5.41, 5.74) is 0.891. The zero-order valence-corrected chi connectivity index (χ0v) is 20.6. The van der Waals surface area contributed by atoms with Crippen LogP contribution >= 0.6 is 0 Å². The first kappa shape index (κ1) is 25.2. The Balaban J connectivity index is 1.63. The third-order valence-corrected chi connectivity index (χ3v) is 8.28. The van der Waals surface area contributed by atoms with E-state index < -0.39 is 39.5 Å². The van der Waals surface area contributed by atoms with Crippen LogP contribution in [0.3, 0.4) is 0 Å². The van der Waals surface area contributed by atoms with Crippen molar-refractivity contribution < 1.29 is 27.5 Å². The molecular formula is C25H29N3O6S. The van der Waals surface area contributed by atoms with Crippen molar-refractivity contribution in [2.24, 2.45) is 5.92 Å². The molecule has 2 aromatic carbocycles. The first-order valence-corrected chi connectivity index (χ1v) is 12.9. The van der Waals surface area contributed by atoms with Crippen molar-refractivity contribution in [2.45, 2.75) is 10.9 Å². The van der Waals surface area contributed by atoms with Crippen LogP contribution in [0.5, 0.6) is 0 Å². The van der Waals surface area contributed by atoms with Crippen LogP contribution < -0.4 is 0 Å². The van der Waals surface area contributed by atoms with Crippen molar-refractivity contribution in [1.29, 1.82) is 0 Å². The van der Waals surface area contributed by atoms with Gasteiger partial charge in [-0.15, -0.1) is 0 Å². The Morgan fingerprint density at radius 1 is 1.00 bits per heavy atom. The number of likely N-dealkylation sites (tertiary alicyclic amines) is 1. The van der Waals surface area contributed by atoms with Gasteiger partial charge in [-0.05, 0) is 31.8 Å². The van der Waals surface area contributed by atoms with E-state index in [1.165, 1.54) is 33.5 Å². The zero-order valence-electron chi connectivity index (χ0n) is 19.8. The van der Waals surface area contributed by atoms with Gasteiger partial charge in [-0.1, -0.05) is 42.5 Å². The Bertz CT molecular complexity index is 1190. The highest BCUT2D eigenvalue weighted by Crippen LogP contribution is 2.38. The molecule has 4 rings (SSSR count). The van der Waals surface area contributed by atoms with Crippen molar-refractivity contribution in [3.63, 3.8) is 0 Å². The Labute approximate surface area is 205 Å². The molecule has 0 radical (unpaired) electrons. The van der Waals surface area contributed by atoms with Gasteiger partial charge in [0.2, 0.25) is 15.8 Å². The summed E-state index contributed by atoms with van der Waals surface area (Å²) in [7, 11) is 0.0272. The van der Waals surface area contributed by atoms with Gasteiger partial charge in [0.1, 0.15) is 5.92 Å². The van der Waals surface area contributed by atoms with Gasteiger partial charge >= 0.3 is 0 Å². The van der Waals surface area contributed by atoms with E-state index in [-0.39, 0.29) is 23.5 Å². The smallest absolute Gasteiger partial charge is 0.291 e. The van der Waals surface area contributed by atoms with Gasteiger partial charge in [0.05, 0.1) is 24.2 Å². The van der Waals surface area contributed by atoms with Gasteiger partial charge in [0.25, 0.3) is 5.91 Å². The molecule has 35 heavy (non-hydrogen) atoms. The van der Waals surface area contributed by atoms with Crippen molar-refractivity contribution in [3.8, 4) is 0 Å². The predicted octanol–water partition coefficient (Wildman–Crippen LogP) is 1.22. The average Bonchev–Trinajstić information content (AvgIpc) is 3.13. The molecule has 1 amide bonds. The average molecular weight is 500 g/mol. The lowest BCUT2D eigenvalue weighted by molar-refractivity contribution is -0.140. The summed E-state index contributed by atoms with van der Waals surface area (Å²) in [6, 6.07) is 13.9. The molecule has 0 N–H and O–H groups in total. The number of hydrogen-bond acceptors (Lipinski definition) is 7. The largest absolute Gasteiger partial charge is 0.379 e. The summed E-state index contributed by atoms with van der Waals surface area (Å²) >= 11 is 0. The molecule has 2 heterocycles. The standard InChI is InChI=1S/C25H29N3O6S/c1-26(2)12-13-28-22(18-6-4-3-5-7-18)21(24(30)25(28)31)23(29)19-8-10-20(11-9-19)35(32,33)27-14-16-34-17-15-27/h3-11,21-22H,12-17H2,1-2H3. The Hall–Kier alpha value is -2.92.